The van der Waals surface area contributed by atoms with E-state index < -0.39 is 10.9 Å². The van der Waals surface area contributed by atoms with Gasteiger partial charge in [-0.15, -0.1) is 0 Å². The fourth-order valence-corrected chi connectivity index (χ4v) is 3.23. The zero-order chi connectivity index (χ0) is 19.1. The van der Waals surface area contributed by atoms with Crippen molar-refractivity contribution in [1.82, 2.24) is 4.98 Å². The smallest absolute Gasteiger partial charge is 0.343 e. The second-order valence-electron chi connectivity index (χ2n) is 4.68. The van der Waals surface area contributed by atoms with Crippen LogP contribution in [0.2, 0.25) is 0 Å². The highest BCUT2D eigenvalue weighted by atomic mass is 79.9. The van der Waals surface area contributed by atoms with Crippen LogP contribution >= 0.6 is 31.9 Å². The van der Waals surface area contributed by atoms with Gasteiger partial charge in [0.2, 0.25) is 5.82 Å². The van der Waals surface area contributed by atoms with Gasteiger partial charge in [-0.25, -0.2) is 9.78 Å². The number of methoxy groups -OCH3 is 1. The number of aromatic nitrogens is 1. The Labute approximate surface area is 164 Å². The van der Waals surface area contributed by atoms with Gasteiger partial charge >= 0.3 is 11.7 Å². The first-order chi connectivity index (χ1) is 12.4. The van der Waals surface area contributed by atoms with Crippen LogP contribution in [0.4, 0.5) is 11.5 Å². The first kappa shape index (κ1) is 19.8. The molecule has 26 heavy (non-hydrogen) atoms. The predicted octanol–water partition coefficient (Wildman–Crippen LogP) is 3.51. The minimum atomic E-state index is -0.550. The molecule has 1 heterocycles. The van der Waals surface area contributed by atoms with Gasteiger partial charge in [0.1, 0.15) is 5.75 Å². The van der Waals surface area contributed by atoms with Crippen molar-refractivity contribution in [3.05, 3.63) is 55.1 Å². The maximum absolute atomic E-state index is 11.2. The molecule has 0 aliphatic rings. The van der Waals surface area contributed by atoms with Crippen molar-refractivity contribution in [2.75, 3.05) is 19.1 Å². The maximum Gasteiger partial charge on any atom is 0.343 e. The number of carbonyl (C=O) groups excluding carboxylic acids is 1. The minimum absolute atomic E-state index is 0.0323. The highest BCUT2D eigenvalue weighted by Gasteiger charge is 2.13. The van der Waals surface area contributed by atoms with Crippen LogP contribution in [0.1, 0.15) is 5.56 Å². The number of nitrogens with one attached hydrogen (secondary N) is 1. The van der Waals surface area contributed by atoms with E-state index in [2.05, 4.69) is 52.1 Å². The van der Waals surface area contributed by atoms with E-state index >= 15 is 0 Å². The lowest BCUT2D eigenvalue weighted by Crippen LogP contribution is -2.13. The molecule has 1 aromatic heterocycles. The lowest BCUT2D eigenvalue weighted by atomic mass is 10.2. The number of hydrogen-bond acceptors (Lipinski definition) is 8. The van der Waals surface area contributed by atoms with Crippen LogP contribution in [0.15, 0.2) is 44.5 Å². The van der Waals surface area contributed by atoms with Gasteiger partial charge in [0.05, 0.1) is 27.2 Å². The molecule has 0 bridgehead atoms. The molecule has 0 saturated carbocycles. The summed E-state index contributed by atoms with van der Waals surface area (Å²) in [6.07, 6.45) is 2.88. The number of rotatable bonds is 7. The zero-order valence-electron chi connectivity index (χ0n) is 13.3. The van der Waals surface area contributed by atoms with Crippen molar-refractivity contribution in [3.63, 3.8) is 0 Å². The number of halogens is 2. The number of esters is 1. The van der Waals surface area contributed by atoms with E-state index in [1.165, 1.54) is 31.7 Å². The lowest BCUT2D eigenvalue weighted by molar-refractivity contribution is -0.384. The molecule has 0 aliphatic carbocycles. The maximum atomic E-state index is 11.2. The van der Waals surface area contributed by atoms with Gasteiger partial charge in [0.25, 0.3) is 0 Å². The van der Waals surface area contributed by atoms with E-state index in [1.807, 2.05) is 0 Å². The fourth-order valence-electron chi connectivity index (χ4n) is 1.78. The van der Waals surface area contributed by atoms with Crippen LogP contribution in [-0.2, 0) is 9.53 Å². The van der Waals surface area contributed by atoms with Crippen LogP contribution in [-0.4, -0.2) is 35.8 Å². The normalized spacial score (nSPS) is 10.6. The SMILES string of the molecule is COC(=O)COc1c(Br)cc(/C=N\Nc2ncccc2[N+](=O)[O-])cc1Br. The van der Waals surface area contributed by atoms with Gasteiger partial charge in [-0.05, 0) is 55.6 Å². The largest absolute Gasteiger partial charge is 0.480 e. The van der Waals surface area contributed by atoms with Gasteiger partial charge in [-0.1, -0.05) is 0 Å². The van der Waals surface area contributed by atoms with E-state index in [-0.39, 0.29) is 18.1 Å². The molecular weight excluding hydrogens is 476 g/mol. The van der Waals surface area contributed by atoms with Crippen LogP contribution < -0.4 is 10.2 Å². The van der Waals surface area contributed by atoms with Gasteiger partial charge in [-0.3, -0.25) is 15.5 Å². The Hall–Kier alpha value is -2.53. The van der Waals surface area contributed by atoms with Crippen molar-refractivity contribution < 1.29 is 19.2 Å². The van der Waals surface area contributed by atoms with Crippen molar-refractivity contribution >= 4 is 55.5 Å². The fraction of sp³-hybridized carbons (Fsp3) is 0.133. The number of hydrazone groups is 1. The van der Waals surface area contributed by atoms with Crippen molar-refractivity contribution in [1.29, 1.82) is 0 Å². The molecule has 2 aromatic rings. The third-order valence-corrected chi connectivity index (χ3v) is 4.13. The van der Waals surface area contributed by atoms with Crippen LogP contribution in [0, 0.1) is 10.1 Å². The second kappa shape index (κ2) is 9.25. The summed E-state index contributed by atoms with van der Waals surface area (Å²) in [5.41, 5.74) is 3.02. The summed E-state index contributed by atoms with van der Waals surface area (Å²) >= 11 is 6.69. The lowest BCUT2D eigenvalue weighted by Gasteiger charge is -2.10. The second-order valence-corrected chi connectivity index (χ2v) is 6.39. The molecule has 0 amide bonds. The molecule has 0 aliphatic heterocycles. The highest BCUT2D eigenvalue weighted by Crippen LogP contribution is 2.34. The Morgan fingerprint density at radius 1 is 1.42 bits per heavy atom. The van der Waals surface area contributed by atoms with E-state index in [0.717, 1.165) is 0 Å². The summed E-state index contributed by atoms with van der Waals surface area (Å²) in [6.45, 7) is -0.230. The Bertz CT molecular complexity index is 837. The third kappa shape index (κ3) is 5.23. The number of anilines is 1. The van der Waals surface area contributed by atoms with Crippen LogP contribution in [0.5, 0.6) is 5.75 Å². The Balaban J connectivity index is 2.12. The number of nitro groups is 1. The van der Waals surface area contributed by atoms with Crippen molar-refractivity contribution in [2.24, 2.45) is 5.10 Å². The molecule has 0 radical (unpaired) electrons. The molecular formula is C15H12Br2N4O5. The molecule has 0 saturated heterocycles. The molecule has 1 N–H and O–H groups in total. The van der Waals surface area contributed by atoms with E-state index in [1.54, 1.807) is 12.1 Å². The monoisotopic (exact) mass is 486 g/mol. The summed E-state index contributed by atoms with van der Waals surface area (Å²) in [5.74, 6) is -0.0404. The quantitative estimate of drug-likeness (QED) is 0.275. The van der Waals surface area contributed by atoms with Gasteiger partial charge in [0.15, 0.2) is 6.61 Å². The predicted molar refractivity (Wildman–Crippen MR) is 101 cm³/mol. The topological polar surface area (TPSA) is 116 Å². The van der Waals surface area contributed by atoms with Crippen LogP contribution in [0.25, 0.3) is 0 Å². The van der Waals surface area contributed by atoms with E-state index in [4.69, 9.17) is 4.74 Å². The highest BCUT2D eigenvalue weighted by molar-refractivity contribution is 9.11. The molecule has 136 valence electrons. The number of benzene rings is 1. The zero-order valence-corrected chi connectivity index (χ0v) is 16.5. The molecule has 11 heteroatoms. The Morgan fingerprint density at radius 3 is 2.73 bits per heavy atom. The molecule has 0 unspecified atom stereocenters. The molecule has 0 fully saturated rings. The van der Waals surface area contributed by atoms with Gasteiger partial charge < -0.3 is 9.47 Å². The average molecular weight is 488 g/mol. The van der Waals surface area contributed by atoms with E-state index in [9.17, 15) is 14.9 Å². The molecule has 1 aromatic carbocycles. The first-order valence-corrected chi connectivity index (χ1v) is 8.58. The average Bonchev–Trinajstić information content (AvgIpc) is 2.61. The van der Waals surface area contributed by atoms with Crippen molar-refractivity contribution in [3.8, 4) is 5.75 Å². The first-order valence-electron chi connectivity index (χ1n) is 6.99. The summed E-state index contributed by atoms with van der Waals surface area (Å²) in [7, 11) is 1.27. The number of ether oxygens (including phenoxy) is 2. The van der Waals surface area contributed by atoms with Gasteiger partial charge in [-0.2, -0.15) is 5.10 Å². The van der Waals surface area contributed by atoms with Crippen molar-refractivity contribution in [2.45, 2.75) is 0 Å². The summed E-state index contributed by atoms with van der Waals surface area (Å²) < 4.78 is 11.1. The van der Waals surface area contributed by atoms with Gasteiger partial charge in [0, 0.05) is 12.3 Å². The summed E-state index contributed by atoms with van der Waals surface area (Å²) in [6, 6.07) is 6.20. The molecule has 0 spiro atoms. The standard InChI is InChI=1S/C15H12Br2N4O5/c1-25-13(22)8-26-14-10(16)5-9(6-11(14)17)7-19-20-15-12(21(23)24)3-2-4-18-15/h2-7H,8H2,1H3,(H,18,20)/b19-7-. The van der Waals surface area contributed by atoms with Crippen LogP contribution in [0.3, 0.4) is 0 Å². The molecule has 9 nitrogen and oxygen atoms in total. The molecule has 2 rings (SSSR count). The number of pyridine rings is 1. The summed E-state index contributed by atoms with van der Waals surface area (Å²) in [4.78, 5) is 25.4. The minimum Gasteiger partial charge on any atom is -0.480 e. The van der Waals surface area contributed by atoms with E-state index in [0.29, 0.717) is 20.3 Å². The Morgan fingerprint density at radius 2 is 2.12 bits per heavy atom. The Kier molecular flexibility index (Phi) is 7.04. The number of hydrogen-bond donors (Lipinski definition) is 1. The third-order valence-electron chi connectivity index (χ3n) is 2.95. The molecule has 0 atom stereocenters. The summed E-state index contributed by atoms with van der Waals surface area (Å²) in [5, 5.41) is 14.9. The number of carbonyl (C=O) groups is 1. The number of nitrogens with zero attached hydrogens (tertiary/aromatic N) is 3.